The van der Waals surface area contributed by atoms with Crippen LogP contribution in [0.4, 0.5) is 15.5 Å². The first-order valence-electron chi connectivity index (χ1n) is 2.71. The lowest BCUT2D eigenvalue weighted by Crippen LogP contribution is -2.03. The Labute approximate surface area is 71.1 Å². The molecule has 0 aliphatic rings. The molecule has 1 aromatic carbocycles. The predicted octanol–water partition coefficient (Wildman–Crippen LogP) is 4.21. The van der Waals surface area contributed by atoms with Gasteiger partial charge in [-0.05, 0) is 12.1 Å². The average molecular weight is 219 g/mol. The molecular formula is C6H3ClF4S. The first-order chi connectivity index (χ1) is 5.09. The summed E-state index contributed by atoms with van der Waals surface area (Å²) in [5.74, 6) is 0. The molecule has 0 N–H and O–H groups in total. The Balaban J connectivity index is 3.36. The third-order valence-corrected chi connectivity index (χ3v) is 2.75. The van der Waals surface area contributed by atoms with Crippen molar-refractivity contribution in [2.45, 2.75) is 4.90 Å². The second-order valence-corrected chi connectivity index (χ2v) is 6.41. The quantitative estimate of drug-likeness (QED) is 0.620. The Morgan fingerprint density at radius 2 is 1.75 bits per heavy atom. The maximum Gasteiger partial charge on any atom is 0.254 e. The molecular weight excluding hydrogens is 216 g/mol. The molecule has 0 aliphatic heterocycles. The van der Waals surface area contributed by atoms with E-state index in [2.05, 4.69) is 16.7 Å². The van der Waals surface area contributed by atoms with Crippen molar-refractivity contribution in [2.24, 2.45) is 0 Å². The lowest BCUT2D eigenvalue weighted by molar-refractivity contribution is 0.480. The van der Waals surface area contributed by atoms with E-state index in [0.717, 1.165) is 6.07 Å². The molecule has 12 heavy (non-hydrogen) atoms. The van der Waals surface area contributed by atoms with Crippen LogP contribution in [0.3, 0.4) is 0 Å². The van der Waals surface area contributed by atoms with Crippen LogP contribution in [-0.2, 0) is 0 Å². The summed E-state index contributed by atoms with van der Waals surface area (Å²) in [4.78, 5) is -1.50. The predicted molar refractivity (Wildman–Crippen MR) is 40.3 cm³/mol. The summed E-state index contributed by atoms with van der Waals surface area (Å²) < 4.78 is 49.4. The number of rotatable bonds is 1. The number of hydrogen-bond acceptors (Lipinski definition) is 0. The second kappa shape index (κ2) is 1.83. The first-order valence-corrected chi connectivity index (χ1v) is 5.59. The molecule has 0 fully saturated rings. The third kappa shape index (κ3) is 2.19. The lowest BCUT2D eigenvalue weighted by Gasteiger charge is -2.42. The molecule has 1 rings (SSSR count). The Hall–Kier alpha value is -0.600. The van der Waals surface area contributed by atoms with Crippen LogP contribution >= 0.6 is 19.7 Å². The summed E-state index contributed by atoms with van der Waals surface area (Å²) in [6.07, 6.45) is 0. The molecule has 68 valence electrons. The Morgan fingerprint density at radius 3 is 2.00 bits per heavy atom. The molecule has 0 bridgehead atoms. The van der Waals surface area contributed by atoms with Crippen molar-refractivity contribution in [1.82, 2.24) is 0 Å². The first kappa shape index (κ1) is 9.49. The molecule has 6 heteroatoms. The van der Waals surface area contributed by atoms with Crippen molar-refractivity contribution in [2.75, 3.05) is 0 Å². The minimum absolute atomic E-state index is 0.425. The maximum absolute atomic E-state index is 12.3. The molecule has 0 atom stereocenters. The zero-order valence-corrected chi connectivity index (χ0v) is 7.10. The Kier molecular flexibility index (Phi) is 1.45. The zero-order chi connectivity index (χ0) is 9.52. The smallest absolute Gasteiger partial charge is 0.107 e. The van der Waals surface area contributed by atoms with Gasteiger partial charge >= 0.3 is 0 Å². The molecule has 0 aromatic heterocycles. The summed E-state index contributed by atoms with van der Waals surface area (Å²) in [7, 11) is -4.52. The van der Waals surface area contributed by atoms with Crippen LogP contribution in [0.15, 0.2) is 23.1 Å². The maximum atomic E-state index is 12.3. The normalized spacial score (nSPS) is 17.4. The third-order valence-electron chi connectivity index (χ3n) is 1.07. The van der Waals surface area contributed by atoms with Crippen molar-refractivity contribution >= 4 is 19.7 Å². The van der Waals surface area contributed by atoms with Gasteiger partial charge in [-0.1, -0.05) is 12.1 Å². The summed E-state index contributed by atoms with van der Waals surface area (Å²) >= 11 is 0. The molecule has 0 saturated heterocycles. The summed E-state index contributed by atoms with van der Waals surface area (Å²) in [6.45, 7) is 0. The van der Waals surface area contributed by atoms with Gasteiger partial charge in [0.25, 0.3) is 9.05 Å². The molecule has 0 saturated carbocycles. The highest BCUT2D eigenvalue weighted by Crippen LogP contribution is 3.04. The van der Waals surface area contributed by atoms with E-state index in [1.54, 1.807) is 0 Å². The van der Waals surface area contributed by atoms with Crippen molar-refractivity contribution in [1.29, 1.82) is 0 Å². The van der Waals surface area contributed by atoms with Gasteiger partial charge in [0.2, 0.25) is 0 Å². The van der Waals surface area contributed by atoms with E-state index in [-0.39, 0.29) is 0 Å². The van der Waals surface area contributed by atoms with Gasteiger partial charge < -0.3 is 0 Å². The molecule has 0 amide bonds. The topological polar surface area (TPSA) is 0 Å². The summed E-state index contributed by atoms with van der Waals surface area (Å²) in [5.41, 5.74) is 0. The minimum atomic E-state index is -8.51. The second-order valence-electron chi connectivity index (χ2n) is 2.14. The van der Waals surface area contributed by atoms with Crippen molar-refractivity contribution in [3.05, 3.63) is 30.3 Å². The van der Waals surface area contributed by atoms with Gasteiger partial charge in [0.1, 0.15) is 4.90 Å². The fourth-order valence-corrected chi connectivity index (χ4v) is 1.47. The van der Waals surface area contributed by atoms with Crippen LogP contribution in [0.1, 0.15) is 0 Å². The summed E-state index contributed by atoms with van der Waals surface area (Å²) in [5, 5.41) is 0. The SMILES string of the molecule is FS(F)(F)(F)(Cl)c1cc#ccc1. The van der Waals surface area contributed by atoms with Crippen LogP contribution in [0, 0.1) is 12.1 Å². The Bertz CT molecular complexity index is 289. The number of hydrogen-bond donors (Lipinski definition) is 0. The van der Waals surface area contributed by atoms with E-state index in [4.69, 9.17) is 0 Å². The highest BCUT2D eigenvalue weighted by molar-refractivity contribution is 8.65. The number of halogens is 5. The fraction of sp³-hybridized carbons (Fsp3) is 0. The van der Waals surface area contributed by atoms with Crippen molar-refractivity contribution in [3.63, 3.8) is 0 Å². The van der Waals surface area contributed by atoms with Crippen LogP contribution in [0.5, 0.6) is 0 Å². The van der Waals surface area contributed by atoms with Gasteiger partial charge in [-0.25, -0.2) is 0 Å². The van der Waals surface area contributed by atoms with Crippen LogP contribution in [0.25, 0.3) is 0 Å². The van der Waals surface area contributed by atoms with E-state index in [9.17, 15) is 15.5 Å². The van der Waals surface area contributed by atoms with Crippen molar-refractivity contribution < 1.29 is 15.5 Å². The zero-order valence-electron chi connectivity index (χ0n) is 5.53. The van der Waals surface area contributed by atoms with Gasteiger partial charge in [0.15, 0.2) is 0 Å². The summed E-state index contributed by atoms with van der Waals surface area (Å²) in [6, 6.07) is 6.03. The van der Waals surface area contributed by atoms with Gasteiger partial charge in [-0.2, -0.15) is 0 Å². The standard InChI is InChI=1S/C6H3ClF4S/c7-12(8,9,10,11)6-4-2-1-3-5-6/h2,4-5H. The minimum Gasteiger partial charge on any atom is -0.107 e. The molecule has 0 heterocycles. The van der Waals surface area contributed by atoms with E-state index < -0.39 is 13.9 Å². The Morgan fingerprint density at radius 1 is 1.17 bits per heavy atom. The van der Waals surface area contributed by atoms with E-state index in [1.807, 2.05) is 6.07 Å². The van der Waals surface area contributed by atoms with E-state index in [1.165, 1.54) is 0 Å². The van der Waals surface area contributed by atoms with Crippen LogP contribution < -0.4 is 0 Å². The highest BCUT2D eigenvalue weighted by atomic mass is 35.7. The molecule has 0 spiro atoms. The monoisotopic (exact) mass is 218 g/mol. The lowest BCUT2D eigenvalue weighted by atomic mass is 10.4. The van der Waals surface area contributed by atoms with Gasteiger partial charge in [-0.15, -0.1) is 15.5 Å². The molecule has 0 aliphatic carbocycles. The molecule has 0 unspecified atom stereocenters. The average Bonchev–Trinajstić information content (AvgIpc) is 1.85. The van der Waals surface area contributed by atoms with Gasteiger partial charge in [-0.3, -0.25) is 0 Å². The molecule has 0 radical (unpaired) electrons. The van der Waals surface area contributed by atoms with Crippen LogP contribution in [0.2, 0.25) is 0 Å². The van der Waals surface area contributed by atoms with E-state index >= 15 is 0 Å². The fourth-order valence-electron chi connectivity index (χ4n) is 0.573. The van der Waals surface area contributed by atoms with Gasteiger partial charge in [0, 0.05) is 16.7 Å². The highest BCUT2D eigenvalue weighted by Gasteiger charge is 2.62. The van der Waals surface area contributed by atoms with Crippen LogP contribution in [-0.4, -0.2) is 0 Å². The van der Waals surface area contributed by atoms with E-state index in [0.29, 0.717) is 12.1 Å². The van der Waals surface area contributed by atoms with Crippen molar-refractivity contribution in [3.8, 4) is 0 Å². The largest absolute Gasteiger partial charge is 0.254 e. The van der Waals surface area contributed by atoms with Gasteiger partial charge in [0.05, 0.1) is 0 Å². The molecule has 0 nitrogen and oxygen atoms in total. The molecule has 1 aromatic rings.